The van der Waals surface area contributed by atoms with Crippen LogP contribution in [-0.4, -0.2) is 17.0 Å². The van der Waals surface area contributed by atoms with Gasteiger partial charge in [0, 0.05) is 18.0 Å². The van der Waals surface area contributed by atoms with Crippen molar-refractivity contribution in [3.05, 3.63) is 45.9 Å². The van der Waals surface area contributed by atoms with Crippen molar-refractivity contribution in [2.75, 3.05) is 11.9 Å². The van der Waals surface area contributed by atoms with Crippen LogP contribution < -0.4 is 10.6 Å². The number of nitrogens with two attached hydrogens (primary N) is 1. The SMILES string of the molecule is CN(Cc1cscn1)c1ccc(C(N)=S)c(F)c1F. The minimum atomic E-state index is -1.02. The number of thiazole rings is 1. The molecule has 0 aliphatic rings. The first-order valence-corrected chi connectivity index (χ1v) is 6.71. The van der Waals surface area contributed by atoms with Gasteiger partial charge in [0.05, 0.1) is 23.4 Å². The average Bonchev–Trinajstić information content (AvgIpc) is 2.84. The Kier molecular flexibility index (Phi) is 4.06. The van der Waals surface area contributed by atoms with Gasteiger partial charge in [-0.1, -0.05) is 12.2 Å². The van der Waals surface area contributed by atoms with E-state index in [9.17, 15) is 8.78 Å². The predicted octanol–water partition coefficient (Wildman–Crippen LogP) is 2.69. The van der Waals surface area contributed by atoms with Crippen molar-refractivity contribution in [2.24, 2.45) is 5.73 Å². The molecular weight excluding hydrogens is 288 g/mol. The molecule has 7 heteroatoms. The molecule has 0 amide bonds. The van der Waals surface area contributed by atoms with Crippen molar-refractivity contribution >= 4 is 34.2 Å². The molecule has 0 radical (unpaired) electrons. The van der Waals surface area contributed by atoms with E-state index in [1.54, 1.807) is 17.5 Å². The quantitative estimate of drug-likeness (QED) is 0.882. The lowest BCUT2D eigenvalue weighted by atomic mass is 10.1. The first kappa shape index (κ1) is 13.8. The monoisotopic (exact) mass is 299 g/mol. The Morgan fingerprint density at radius 3 is 2.74 bits per heavy atom. The van der Waals surface area contributed by atoms with Crippen LogP contribution in [0.2, 0.25) is 0 Å². The molecular formula is C12H11F2N3S2. The van der Waals surface area contributed by atoms with Crippen LogP contribution in [0.3, 0.4) is 0 Å². The zero-order chi connectivity index (χ0) is 14.0. The van der Waals surface area contributed by atoms with E-state index in [0.717, 1.165) is 5.69 Å². The summed E-state index contributed by atoms with van der Waals surface area (Å²) in [6, 6.07) is 2.84. The fourth-order valence-corrected chi connectivity index (χ4v) is 2.38. The normalized spacial score (nSPS) is 10.5. The standard InChI is InChI=1S/C12H11F2N3S2/c1-17(4-7-5-19-6-16-7)9-3-2-8(12(15)18)10(13)11(9)14/h2-3,5-6H,4H2,1H3,(H2,15,18). The van der Waals surface area contributed by atoms with Crippen molar-refractivity contribution < 1.29 is 8.78 Å². The molecule has 0 saturated heterocycles. The van der Waals surface area contributed by atoms with E-state index < -0.39 is 11.6 Å². The topological polar surface area (TPSA) is 42.2 Å². The lowest BCUT2D eigenvalue weighted by Gasteiger charge is -2.19. The third-order valence-corrected chi connectivity index (χ3v) is 3.48. The van der Waals surface area contributed by atoms with Crippen LogP contribution in [0.4, 0.5) is 14.5 Å². The number of anilines is 1. The van der Waals surface area contributed by atoms with Gasteiger partial charge in [0.1, 0.15) is 4.99 Å². The summed E-state index contributed by atoms with van der Waals surface area (Å²) in [7, 11) is 1.66. The van der Waals surface area contributed by atoms with Crippen LogP contribution >= 0.6 is 23.6 Å². The second kappa shape index (κ2) is 5.58. The number of hydrogen-bond acceptors (Lipinski definition) is 4. The summed E-state index contributed by atoms with van der Waals surface area (Å²) in [5, 5.41) is 1.86. The van der Waals surface area contributed by atoms with Gasteiger partial charge in [0.2, 0.25) is 0 Å². The minimum absolute atomic E-state index is 0.0849. The van der Waals surface area contributed by atoms with Gasteiger partial charge in [-0.25, -0.2) is 13.8 Å². The second-order valence-electron chi connectivity index (χ2n) is 3.96. The molecule has 0 spiro atoms. The number of nitrogens with zero attached hydrogens (tertiary/aromatic N) is 2. The maximum absolute atomic E-state index is 14.0. The Hall–Kier alpha value is -1.60. The molecule has 3 nitrogen and oxygen atoms in total. The lowest BCUT2D eigenvalue weighted by molar-refractivity contribution is 0.506. The van der Waals surface area contributed by atoms with Crippen LogP contribution in [0, 0.1) is 11.6 Å². The molecule has 2 rings (SSSR count). The predicted molar refractivity (Wildman–Crippen MR) is 76.5 cm³/mol. The number of hydrogen-bond donors (Lipinski definition) is 1. The highest BCUT2D eigenvalue weighted by molar-refractivity contribution is 7.80. The smallest absolute Gasteiger partial charge is 0.182 e. The van der Waals surface area contributed by atoms with Crippen LogP contribution in [0.15, 0.2) is 23.0 Å². The first-order valence-electron chi connectivity index (χ1n) is 5.36. The van der Waals surface area contributed by atoms with Crippen LogP contribution in [-0.2, 0) is 6.54 Å². The summed E-state index contributed by atoms with van der Waals surface area (Å²) in [5.41, 5.74) is 7.87. The number of halogens is 2. The zero-order valence-electron chi connectivity index (χ0n) is 10.1. The van der Waals surface area contributed by atoms with E-state index in [0.29, 0.717) is 6.54 Å². The highest BCUT2D eigenvalue weighted by Gasteiger charge is 2.17. The highest BCUT2D eigenvalue weighted by Crippen LogP contribution is 2.24. The molecule has 0 atom stereocenters. The molecule has 1 aromatic heterocycles. The van der Waals surface area contributed by atoms with E-state index in [4.69, 9.17) is 5.73 Å². The second-order valence-corrected chi connectivity index (χ2v) is 5.12. The van der Waals surface area contributed by atoms with Gasteiger partial charge in [0.15, 0.2) is 11.6 Å². The Morgan fingerprint density at radius 1 is 1.42 bits per heavy atom. The molecule has 1 heterocycles. The molecule has 0 aliphatic heterocycles. The van der Waals surface area contributed by atoms with Gasteiger partial charge < -0.3 is 10.6 Å². The van der Waals surface area contributed by atoms with Crippen LogP contribution in [0.5, 0.6) is 0 Å². The molecule has 0 bridgehead atoms. The summed E-state index contributed by atoms with van der Waals surface area (Å²) in [6.45, 7) is 0.395. The third-order valence-electron chi connectivity index (χ3n) is 2.62. The molecule has 0 fully saturated rings. The lowest BCUT2D eigenvalue weighted by Crippen LogP contribution is -2.20. The third kappa shape index (κ3) is 2.87. The van der Waals surface area contributed by atoms with Gasteiger partial charge in [0.25, 0.3) is 0 Å². The van der Waals surface area contributed by atoms with Gasteiger partial charge in [-0.15, -0.1) is 11.3 Å². The van der Waals surface area contributed by atoms with Crippen LogP contribution in [0.25, 0.3) is 0 Å². The fraction of sp³-hybridized carbons (Fsp3) is 0.167. The molecule has 100 valence electrons. The Labute approximate surface area is 118 Å². The molecule has 2 N–H and O–H groups in total. The Morgan fingerprint density at radius 2 is 2.16 bits per heavy atom. The summed E-state index contributed by atoms with van der Waals surface area (Å²) in [4.78, 5) is 5.52. The summed E-state index contributed by atoms with van der Waals surface area (Å²) in [6.07, 6.45) is 0. The van der Waals surface area contributed by atoms with E-state index in [1.165, 1.54) is 23.5 Å². The maximum Gasteiger partial charge on any atom is 0.182 e. The van der Waals surface area contributed by atoms with E-state index in [2.05, 4.69) is 17.2 Å². The summed E-state index contributed by atoms with van der Waals surface area (Å²) < 4.78 is 27.7. The molecule has 2 aromatic rings. The maximum atomic E-state index is 14.0. The largest absolute Gasteiger partial charge is 0.389 e. The van der Waals surface area contributed by atoms with Gasteiger partial charge in [-0.2, -0.15) is 0 Å². The zero-order valence-corrected chi connectivity index (χ0v) is 11.7. The first-order chi connectivity index (χ1) is 9.00. The Bertz CT molecular complexity index is 599. The van der Waals surface area contributed by atoms with E-state index >= 15 is 0 Å². The van der Waals surface area contributed by atoms with Crippen molar-refractivity contribution in [1.82, 2.24) is 4.98 Å². The molecule has 19 heavy (non-hydrogen) atoms. The van der Waals surface area contributed by atoms with Crippen molar-refractivity contribution in [1.29, 1.82) is 0 Å². The summed E-state index contributed by atoms with van der Waals surface area (Å²) in [5.74, 6) is -1.97. The van der Waals surface area contributed by atoms with Crippen LogP contribution in [0.1, 0.15) is 11.3 Å². The van der Waals surface area contributed by atoms with Gasteiger partial charge in [-0.05, 0) is 12.1 Å². The van der Waals surface area contributed by atoms with E-state index in [-0.39, 0.29) is 16.2 Å². The minimum Gasteiger partial charge on any atom is -0.389 e. The molecule has 0 aliphatic carbocycles. The summed E-state index contributed by atoms with van der Waals surface area (Å²) >= 11 is 6.11. The molecule has 0 unspecified atom stereocenters. The Balaban J connectivity index is 2.30. The van der Waals surface area contributed by atoms with Crippen molar-refractivity contribution in [3.8, 4) is 0 Å². The molecule has 0 saturated carbocycles. The molecule has 1 aromatic carbocycles. The average molecular weight is 299 g/mol. The number of thiocarbonyl (C=S) groups is 1. The number of rotatable bonds is 4. The number of aromatic nitrogens is 1. The van der Waals surface area contributed by atoms with Crippen molar-refractivity contribution in [3.63, 3.8) is 0 Å². The highest BCUT2D eigenvalue weighted by atomic mass is 32.1. The van der Waals surface area contributed by atoms with E-state index in [1.807, 2.05) is 5.38 Å². The number of benzene rings is 1. The fourth-order valence-electron chi connectivity index (χ4n) is 1.67. The van der Waals surface area contributed by atoms with Gasteiger partial charge >= 0.3 is 0 Å². The van der Waals surface area contributed by atoms with Gasteiger partial charge in [-0.3, -0.25) is 0 Å². The van der Waals surface area contributed by atoms with Crippen molar-refractivity contribution in [2.45, 2.75) is 6.54 Å².